The quantitative estimate of drug-likeness (QED) is 0.309. The molecule has 1 heterocycles. The Balaban J connectivity index is 2.05. The summed E-state index contributed by atoms with van der Waals surface area (Å²) in [5, 5.41) is 0.564. The van der Waals surface area contributed by atoms with Crippen molar-refractivity contribution in [3.8, 4) is 5.75 Å². The first-order valence-electron chi connectivity index (χ1n) is 8.13. The maximum absolute atomic E-state index is 12.0. The van der Waals surface area contributed by atoms with E-state index < -0.39 is 17.6 Å². The Kier molecular flexibility index (Phi) is 6.54. The van der Waals surface area contributed by atoms with Crippen LogP contribution in [0.15, 0.2) is 45.6 Å². The minimum absolute atomic E-state index is 0.130. The van der Waals surface area contributed by atoms with Crippen LogP contribution in [0.2, 0.25) is 0 Å². The van der Waals surface area contributed by atoms with Crippen LogP contribution in [0.4, 0.5) is 0 Å². The number of ether oxygens (including phenoxy) is 3. The van der Waals surface area contributed by atoms with Gasteiger partial charge in [-0.3, -0.25) is 0 Å². The summed E-state index contributed by atoms with van der Waals surface area (Å²) in [6, 6.07) is 6.41. The van der Waals surface area contributed by atoms with Gasteiger partial charge in [0.25, 0.3) is 0 Å². The second-order valence-electron chi connectivity index (χ2n) is 5.55. The van der Waals surface area contributed by atoms with Crippen LogP contribution in [0.25, 0.3) is 11.0 Å². The predicted molar refractivity (Wildman–Crippen MR) is 94.3 cm³/mol. The van der Waals surface area contributed by atoms with E-state index in [0.29, 0.717) is 23.3 Å². The van der Waals surface area contributed by atoms with E-state index in [2.05, 4.69) is 6.58 Å². The van der Waals surface area contributed by atoms with Gasteiger partial charge in [-0.15, -0.1) is 0 Å². The lowest BCUT2D eigenvalue weighted by molar-refractivity contribution is -0.140. The minimum atomic E-state index is -0.849. The second-order valence-corrected chi connectivity index (χ2v) is 5.55. The Bertz CT molecular complexity index is 879. The van der Waals surface area contributed by atoms with Gasteiger partial charge in [0.05, 0.1) is 6.61 Å². The van der Waals surface area contributed by atoms with Crippen molar-refractivity contribution in [1.29, 1.82) is 0 Å². The highest BCUT2D eigenvalue weighted by atomic mass is 16.6. The molecule has 1 aromatic carbocycles. The van der Waals surface area contributed by atoms with E-state index in [9.17, 15) is 14.4 Å². The monoisotopic (exact) mass is 360 g/mol. The normalized spacial score (nSPS) is 10.4. The summed E-state index contributed by atoms with van der Waals surface area (Å²) < 4.78 is 20.4. The van der Waals surface area contributed by atoms with Crippen LogP contribution in [0.1, 0.15) is 30.6 Å². The molecule has 138 valence electrons. The van der Waals surface area contributed by atoms with Crippen molar-refractivity contribution >= 4 is 22.9 Å². The largest absolute Gasteiger partial charge is 0.493 e. The number of esters is 2. The molecule has 0 unspecified atom stereocenters. The van der Waals surface area contributed by atoms with Crippen LogP contribution >= 0.6 is 0 Å². The number of benzene rings is 1. The fourth-order valence-electron chi connectivity index (χ4n) is 2.01. The molecule has 0 saturated carbocycles. The Hall–Kier alpha value is -3.09. The molecule has 7 nitrogen and oxygen atoms in total. The Morgan fingerprint density at radius 2 is 1.85 bits per heavy atom. The summed E-state index contributed by atoms with van der Waals surface area (Å²) in [5.41, 5.74) is -0.482. The van der Waals surface area contributed by atoms with Crippen molar-refractivity contribution in [1.82, 2.24) is 0 Å². The average molecular weight is 360 g/mol. The zero-order valence-electron chi connectivity index (χ0n) is 14.7. The number of hydrogen-bond donors (Lipinski definition) is 0. The SMILES string of the molecule is C=C(C)C(=O)OCCOC(=O)c1cc2ccc(OCCC)cc2oc1=O. The lowest BCUT2D eigenvalue weighted by Crippen LogP contribution is -2.19. The smallest absolute Gasteiger partial charge is 0.351 e. The average Bonchev–Trinajstić information content (AvgIpc) is 2.62. The van der Waals surface area contributed by atoms with Crippen LogP contribution < -0.4 is 10.4 Å². The molecule has 0 saturated heterocycles. The highest BCUT2D eigenvalue weighted by molar-refractivity contribution is 5.93. The number of hydrogen-bond acceptors (Lipinski definition) is 7. The molecule has 2 rings (SSSR count). The van der Waals surface area contributed by atoms with Gasteiger partial charge in [0, 0.05) is 17.0 Å². The number of carbonyl (C=O) groups is 2. The van der Waals surface area contributed by atoms with Gasteiger partial charge in [0.15, 0.2) is 0 Å². The van der Waals surface area contributed by atoms with E-state index in [4.69, 9.17) is 18.6 Å². The lowest BCUT2D eigenvalue weighted by Gasteiger charge is -2.07. The molecule has 7 heteroatoms. The van der Waals surface area contributed by atoms with Gasteiger partial charge in [-0.25, -0.2) is 14.4 Å². The molecule has 0 atom stereocenters. The molecule has 0 N–H and O–H groups in total. The molecular formula is C19H20O7. The fraction of sp³-hybridized carbons (Fsp3) is 0.316. The topological polar surface area (TPSA) is 92.0 Å². The number of rotatable bonds is 8. The van der Waals surface area contributed by atoms with Gasteiger partial charge in [-0.2, -0.15) is 0 Å². The van der Waals surface area contributed by atoms with Crippen molar-refractivity contribution in [3.05, 3.63) is 52.4 Å². The summed E-state index contributed by atoms with van der Waals surface area (Å²) in [6.45, 7) is 7.17. The maximum Gasteiger partial charge on any atom is 0.351 e. The highest BCUT2D eigenvalue weighted by Gasteiger charge is 2.16. The predicted octanol–water partition coefficient (Wildman–Crippen LogP) is 2.86. The summed E-state index contributed by atoms with van der Waals surface area (Å²) in [6.07, 6.45) is 0.856. The Morgan fingerprint density at radius 1 is 1.12 bits per heavy atom. The first-order chi connectivity index (χ1) is 12.4. The number of fused-ring (bicyclic) bond motifs is 1. The van der Waals surface area contributed by atoms with Gasteiger partial charge in [-0.05, 0) is 31.5 Å². The highest BCUT2D eigenvalue weighted by Crippen LogP contribution is 2.21. The molecule has 0 fully saturated rings. The first-order valence-corrected chi connectivity index (χ1v) is 8.13. The Morgan fingerprint density at radius 3 is 2.54 bits per heavy atom. The third kappa shape index (κ3) is 4.95. The van der Waals surface area contributed by atoms with E-state index in [1.54, 1.807) is 18.2 Å². The second kappa shape index (κ2) is 8.84. The van der Waals surface area contributed by atoms with Crippen molar-refractivity contribution in [2.75, 3.05) is 19.8 Å². The van der Waals surface area contributed by atoms with Crippen LogP contribution in [-0.2, 0) is 14.3 Å². The van der Waals surface area contributed by atoms with E-state index in [-0.39, 0.29) is 24.4 Å². The van der Waals surface area contributed by atoms with Gasteiger partial charge >= 0.3 is 17.6 Å². The van der Waals surface area contributed by atoms with Crippen molar-refractivity contribution < 1.29 is 28.2 Å². The third-order valence-electron chi connectivity index (χ3n) is 3.30. The van der Waals surface area contributed by atoms with E-state index in [0.717, 1.165) is 6.42 Å². The van der Waals surface area contributed by atoms with Crippen molar-refractivity contribution in [2.24, 2.45) is 0 Å². The van der Waals surface area contributed by atoms with E-state index in [1.165, 1.54) is 13.0 Å². The maximum atomic E-state index is 12.0. The van der Waals surface area contributed by atoms with Crippen LogP contribution in [0, 0.1) is 0 Å². The van der Waals surface area contributed by atoms with Gasteiger partial charge in [-0.1, -0.05) is 13.5 Å². The van der Waals surface area contributed by atoms with Crippen LogP contribution in [0.3, 0.4) is 0 Å². The third-order valence-corrected chi connectivity index (χ3v) is 3.30. The standard InChI is InChI=1S/C19H20O7/c1-4-7-23-14-6-5-13-10-15(19(22)26-16(13)11-14)18(21)25-9-8-24-17(20)12(2)3/h5-6,10-11H,2,4,7-9H2,1,3H3. The van der Waals surface area contributed by atoms with Gasteiger partial charge < -0.3 is 18.6 Å². The fourth-order valence-corrected chi connectivity index (χ4v) is 2.01. The number of carbonyl (C=O) groups excluding carboxylic acids is 2. The molecule has 0 aliphatic heterocycles. The summed E-state index contributed by atoms with van der Waals surface area (Å²) in [5.74, 6) is -0.845. The molecule has 0 spiro atoms. The van der Waals surface area contributed by atoms with Crippen LogP contribution in [-0.4, -0.2) is 31.8 Å². The summed E-state index contributed by atoms with van der Waals surface area (Å²) in [4.78, 5) is 35.3. The molecule has 1 aromatic heterocycles. The van der Waals surface area contributed by atoms with E-state index >= 15 is 0 Å². The van der Waals surface area contributed by atoms with Crippen LogP contribution in [0.5, 0.6) is 5.75 Å². The molecule has 0 amide bonds. The molecule has 2 aromatic rings. The van der Waals surface area contributed by atoms with E-state index in [1.807, 2.05) is 6.92 Å². The molecule has 0 aliphatic carbocycles. The molecule has 0 aliphatic rings. The van der Waals surface area contributed by atoms with Crippen molar-refractivity contribution in [3.63, 3.8) is 0 Å². The summed E-state index contributed by atoms with van der Waals surface area (Å²) in [7, 11) is 0. The van der Waals surface area contributed by atoms with Crippen molar-refractivity contribution in [2.45, 2.75) is 20.3 Å². The Labute approximate surface area is 150 Å². The minimum Gasteiger partial charge on any atom is -0.493 e. The summed E-state index contributed by atoms with van der Waals surface area (Å²) >= 11 is 0. The van der Waals surface area contributed by atoms with Gasteiger partial charge in [0.2, 0.25) is 0 Å². The lowest BCUT2D eigenvalue weighted by atomic mass is 10.2. The first kappa shape index (κ1) is 19.2. The zero-order valence-corrected chi connectivity index (χ0v) is 14.7. The molecule has 26 heavy (non-hydrogen) atoms. The molecular weight excluding hydrogens is 340 g/mol. The zero-order chi connectivity index (χ0) is 19.1. The molecule has 0 bridgehead atoms. The van der Waals surface area contributed by atoms with Gasteiger partial charge in [0.1, 0.15) is 30.1 Å². The molecule has 0 radical (unpaired) electrons.